The van der Waals surface area contributed by atoms with E-state index < -0.39 is 0 Å². The number of benzene rings is 1. The zero-order valence-electron chi connectivity index (χ0n) is 14.3. The van der Waals surface area contributed by atoms with Crippen LogP contribution in [-0.4, -0.2) is 31.6 Å². The number of aryl methyl sites for hydroxylation is 2. The molecule has 0 aliphatic heterocycles. The highest BCUT2D eigenvalue weighted by Crippen LogP contribution is 2.18. The number of rotatable bonds is 4. The van der Waals surface area contributed by atoms with Crippen molar-refractivity contribution >= 4 is 17.6 Å². The van der Waals surface area contributed by atoms with Crippen LogP contribution in [0.1, 0.15) is 43.2 Å². The van der Waals surface area contributed by atoms with Crippen LogP contribution >= 0.6 is 0 Å². The molecule has 0 heterocycles. The molecule has 1 aliphatic carbocycles. The van der Waals surface area contributed by atoms with Gasteiger partial charge in [0.25, 0.3) is 0 Å². The predicted octanol–water partition coefficient (Wildman–Crippen LogP) is 2.90. The predicted molar refractivity (Wildman–Crippen MR) is 92.7 cm³/mol. The van der Waals surface area contributed by atoms with Crippen molar-refractivity contribution in [3.05, 3.63) is 29.3 Å². The zero-order valence-corrected chi connectivity index (χ0v) is 14.3. The van der Waals surface area contributed by atoms with Gasteiger partial charge in [0.1, 0.15) is 0 Å². The number of urea groups is 1. The maximum atomic E-state index is 12.0. The maximum Gasteiger partial charge on any atom is 0.321 e. The SMILES string of the molecule is Cc1cc(C)cc(N(C)CC(=O)NC(=O)NC2CCCCC2)c1. The third-order valence-electron chi connectivity index (χ3n) is 4.22. The minimum atomic E-state index is -0.379. The van der Waals surface area contributed by atoms with Gasteiger partial charge < -0.3 is 10.2 Å². The molecule has 3 amide bonds. The van der Waals surface area contributed by atoms with Crippen LogP contribution < -0.4 is 15.5 Å². The molecular formula is C18H27N3O2. The third kappa shape index (κ3) is 5.58. The molecule has 0 saturated heterocycles. The van der Waals surface area contributed by atoms with E-state index in [4.69, 9.17) is 0 Å². The second-order valence-corrected chi connectivity index (χ2v) is 6.56. The van der Waals surface area contributed by atoms with E-state index in [0.29, 0.717) is 0 Å². The molecular weight excluding hydrogens is 290 g/mol. The van der Waals surface area contributed by atoms with E-state index in [9.17, 15) is 9.59 Å². The minimum Gasteiger partial charge on any atom is -0.365 e. The summed E-state index contributed by atoms with van der Waals surface area (Å²) in [7, 11) is 1.85. The number of anilines is 1. The molecule has 0 atom stereocenters. The highest BCUT2D eigenvalue weighted by molar-refractivity contribution is 5.96. The van der Waals surface area contributed by atoms with E-state index in [2.05, 4.69) is 16.7 Å². The van der Waals surface area contributed by atoms with Crippen LogP contribution in [-0.2, 0) is 4.79 Å². The second kappa shape index (κ2) is 7.99. The van der Waals surface area contributed by atoms with E-state index in [-0.39, 0.29) is 24.5 Å². The van der Waals surface area contributed by atoms with Gasteiger partial charge in [-0.25, -0.2) is 4.79 Å². The number of carbonyl (C=O) groups is 2. The number of nitrogens with zero attached hydrogens (tertiary/aromatic N) is 1. The van der Waals surface area contributed by atoms with Gasteiger partial charge >= 0.3 is 6.03 Å². The number of nitrogens with one attached hydrogen (secondary N) is 2. The van der Waals surface area contributed by atoms with Crippen LogP contribution in [0.25, 0.3) is 0 Å². The summed E-state index contributed by atoms with van der Waals surface area (Å²) in [6.45, 7) is 4.21. The first-order valence-corrected chi connectivity index (χ1v) is 8.34. The highest BCUT2D eigenvalue weighted by atomic mass is 16.2. The summed E-state index contributed by atoms with van der Waals surface area (Å²) in [5.41, 5.74) is 3.29. The summed E-state index contributed by atoms with van der Waals surface area (Å²) in [5, 5.41) is 5.32. The average molecular weight is 317 g/mol. The van der Waals surface area contributed by atoms with Crippen LogP contribution in [0.2, 0.25) is 0 Å². The van der Waals surface area contributed by atoms with Crippen LogP contribution in [0, 0.1) is 13.8 Å². The summed E-state index contributed by atoms with van der Waals surface area (Å²) in [4.78, 5) is 25.8. The van der Waals surface area contributed by atoms with Gasteiger partial charge in [-0.3, -0.25) is 10.1 Å². The summed E-state index contributed by atoms with van der Waals surface area (Å²) in [6, 6.07) is 5.98. The van der Waals surface area contributed by atoms with Gasteiger partial charge in [0, 0.05) is 18.8 Å². The van der Waals surface area contributed by atoms with E-state index >= 15 is 0 Å². The molecule has 1 saturated carbocycles. The number of carbonyl (C=O) groups excluding carboxylic acids is 2. The van der Waals surface area contributed by atoms with Gasteiger partial charge in [0.05, 0.1) is 6.54 Å². The van der Waals surface area contributed by atoms with Crippen molar-refractivity contribution in [1.82, 2.24) is 10.6 Å². The zero-order chi connectivity index (χ0) is 16.8. The Balaban J connectivity index is 1.82. The number of imide groups is 1. The van der Waals surface area contributed by atoms with Crippen LogP contribution in [0.15, 0.2) is 18.2 Å². The lowest BCUT2D eigenvalue weighted by molar-refractivity contribution is -0.118. The number of amides is 3. The smallest absolute Gasteiger partial charge is 0.321 e. The Hall–Kier alpha value is -2.04. The first kappa shape index (κ1) is 17.3. The molecule has 126 valence electrons. The molecule has 5 heteroatoms. The molecule has 0 spiro atoms. The lowest BCUT2D eigenvalue weighted by Gasteiger charge is -2.23. The Morgan fingerprint density at radius 3 is 2.30 bits per heavy atom. The van der Waals surface area contributed by atoms with E-state index in [0.717, 1.165) is 42.5 Å². The first-order valence-electron chi connectivity index (χ1n) is 8.34. The van der Waals surface area contributed by atoms with Crippen molar-refractivity contribution in [1.29, 1.82) is 0 Å². The van der Waals surface area contributed by atoms with Gasteiger partial charge in [0.15, 0.2) is 0 Å². The Morgan fingerprint density at radius 2 is 1.70 bits per heavy atom. The molecule has 5 nitrogen and oxygen atoms in total. The quantitative estimate of drug-likeness (QED) is 0.897. The fourth-order valence-corrected chi connectivity index (χ4v) is 3.11. The van der Waals surface area contributed by atoms with Gasteiger partial charge in [0.2, 0.25) is 5.91 Å². The molecule has 0 radical (unpaired) electrons. The molecule has 1 aromatic carbocycles. The molecule has 2 N–H and O–H groups in total. The molecule has 23 heavy (non-hydrogen) atoms. The van der Waals surface area contributed by atoms with Crippen molar-refractivity contribution < 1.29 is 9.59 Å². The van der Waals surface area contributed by atoms with Crippen LogP contribution in [0.3, 0.4) is 0 Å². The largest absolute Gasteiger partial charge is 0.365 e. The Labute approximate surface area is 138 Å². The molecule has 1 aliphatic rings. The summed E-state index contributed by atoms with van der Waals surface area (Å²) < 4.78 is 0. The Morgan fingerprint density at radius 1 is 1.09 bits per heavy atom. The van der Waals surface area contributed by atoms with Crippen LogP contribution in [0.4, 0.5) is 10.5 Å². The fraction of sp³-hybridized carbons (Fsp3) is 0.556. The van der Waals surface area contributed by atoms with Gasteiger partial charge in [-0.05, 0) is 49.9 Å². The number of hydrogen-bond donors (Lipinski definition) is 2. The third-order valence-corrected chi connectivity index (χ3v) is 4.22. The van der Waals surface area contributed by atoms with Gasteiger partial charge in [-0.15, -0.1) is 0 Å². The Kier molecular flexibility index (Phi) is 6.02. The molecule has 0 unspecified atom stereocenters. The molecule has 2 rings (SSSR count). The maximum absolute atomic E-state index is 12.0. The molecule has 1 fully saturated rings. The van der Waals surface area contributed by atoms with Gasteiger partial charge in [-0.1, -0.05) is 25.3 Å². The van der Waals surface area contributed by atoms with E-state index in [1.807, 2.05) is 37.9 Å². The van der Waals surface area contributed by atoms with E-state index in [1.54, 1.807) is 0 Å². The highest BCUT2D eigenvalue weighted by Gasteiger charge is 2.17. The Bertz CT molecular complexity index is 545. The summed E-state index contributed by atoms with van der Waals surface area (Å²) >= 11 is 0. The van der Waals surface area contributed by atoms with Crippen molar-refractivity contribution in [3.63, 3.8) is 0 Å². The van der Waals surface area contributed by atoms with Crippen molar-refractivity contribution in [2.75, 3.05) is 18.5 Å². The average Bonchev–Trinajstić information content (AvgIpc) is 2.46. The second-order valence-electron chi connectivity index (χ2n) is 6.56. The normalized spacial score (nSPS) is 15.1. The molecule has 0 aromatic heterocycles. The topological polar surface area (TPSA) is 61.4 Å². The van der Waals surface area contributed by atoms with E-state index in [1.165, 1.54) is 6.42 Å². The standard InChI is InChI=1S/C18H27N3O2/c1-13-9-14(2)11-16(10-13)21(3)12-17(22)20-18(23)19-15-7-5-4-6-8-15/h9-11,15H,4-8,12H2,1-3H3,(H2,19,20,22,23). The summed E-state index contributed by atoms with van der Waals surface area (Å²) in [5.74, 6) is -0.292. The summed E-state index contributed by atoms with van der Waals surface area (Å²) in [6.07, 6.45) is 5.54. The number of likely N-dealkylation sites (N-methyl/N-ethyl adjacent to an activating group) is 1. The first-order chi connectivity index (χ1) is 10.9. The van der Waals surface area contributed by atoms with Crippen molar-refractivity contribution in [2.24, 2.45) is 0 Å². The molecule has 1 aromatic rings. The monoisotopic (exact) mass is 317 g/mol. The number of hydrogen-bond acceptors (Lipinski definition) is 3. The molecule has 0 bridgehead atoms. The van der Waals surface area contributed by atoms with Crippen LogP contribution in [0.5, 0.6) is 0 Å². The lowest BCUT2D eigenvalue weighted by Crippen LogP contribution is -2.47. The van der Waals surface area contributed by atoms with Crippen molar-refractivity contribution in [2.45, 2.75) is 52.0 Å². The lowest BCUT2D eigenvalue weighted by atomic mass is 9.96. The van der Waals surface area contributed by atoms with Crippen molar-refractivity contribution in [3.8, 4) is 0 Å². The minimum absolute atomic E-state index is 0.154. The van der Waals surface area contributed by atoms with Gasteiger partial charge in [-0.2, -0.15) is 0 Å². The fourth-order valence-electron chi connectivity index (χ4n) is 3.11.